The van der Waals surface area contributed by atoms with Crippen molar-refractivity contribution in [3.05, 3.63) is 70.9 Å². The van der Waals surface area contributed by atoms with Crippen LogP contribution in [0, 0.1) is 11.3 Å². The van der Waals surface area contributed by atoms with Crippen molar-refractivity contribution in [2.24, 2.45) is 5.73 Å². The molecule has 34 heavy (non-hydrogen) atoms. The monoisotopic (exact) mass is 465 g/mol. The molecular weight excluding hydrogens is 438 g/mol. The molecule has 0 aliphatic carbocycles. The van der Waals surface area contributed by atoms with Crippen molar-refractivity contribution in [2.45, 2.75) is 32.4 Å². The Balaban J connectivity index is 2.00. The van der Waals surface area contributed by atoms with Gasteiger partial charge in [-0.25, -0.2) is 4.79 Å². The van der Waals surface area contributed by atoms with Crippen molar-refractivity contribution >= 4 is 23.9 Å². The summed E-state index contributed by atoms with van der Waals surface area (Å²) in [5.74, 6) is -1.27. The summed E-state index contributed by atoms with van der Waals surface area (Å²) in [4.78, 5) is 35.4. The first-order valence-corrected chi connectivity index (χ1v) is 10.5. The van der Waals surface area contributed by atoms with E-state index in [2.05, 4.69) is 5.32 Å². The summed E-state index contributed by atoms with van der Waals surface area (Å²) in [6.45, 7) is 1.51. The highest BCUT2D eigenvalue weighted by Crippen LogP contribution is 2.23. The molecule has 0 aliphatic rings. The van der Waals surface area contributed by atoms with Crippen LogP contribution < -0.4 is 15.8 Å². The van der Waals surface area contributed by atoms with Gasteiger partial charge in [0.05, 0.1) is 18.7 Å². The van der Waals surface area contributed by atoms with Crippen molar-refractivity contribution in [2.75, 3.05) is 13.7 Å². The minimum atomic E-state index is -0.740. The first kappa shape index (κ1) is 26.1. The lowest BCUT2D eigenvalue weighted by Crippen LogP contribution is -2.29. The quantitative estimate of drug-likeness (QED) is 0.381. The van der Waals surface area contributed by atoms with Crippen LogP contribution in [0.4, 0.5) is 0 Å². The van der Waals surface area contributed by atoms with Crippen molar-refractivity contribution < 1.29 is 28.6 Å². The molecule has 3 N–H and O–H groups in total. The molecule has 178 valence electrons. The molecule has 0 fully saturated rings. The molecular formula is C25H27N3O6. The van der Waals surface area contributed by atoms with E-state index in [-0.39, 0.29) is 37.1 Å². The molecule has 0 saturated carbocycles. The first-order valence-electron chi connectivity index (χ1n) is 10.5. The highest BCUT2D eigenvalue weighted by atomic mass is 16.5. The Hall–Kier alpha value is -4.16. The fraction of sp³-hybridized carbons (Fsp3) is 0.280. The Labute approximate surface area is 198 Å². The third kappa shape index (κ3) is 8.76. The average molecular weight is 466 g/mol. The zero-order valence-corrected chi connectivity index (χ0v) is 19.1. The van der Waals surface area contributed by atoms with Gasteiger partial charge in [0, 0.05) is 24.9 Å². The second-order valence-corrected chi connectivity index (χ2v) is 7.35. The van der Waals surface area contributed by atoms with Crippen molar-refractivity contribution in [3.8, 4) is 11.8 Å². The van der Waals surface area contributed by atoms with E-state index in [1.54, 1.807) is 12.1 Å². The predicted octanol–water partition coefficient (Wildman–Crippen LogP) is 2.44. The van der Waals surface area contributed by atoms with Gasteiger partial charge in [0.1, 0.15) is 24.7 Å². The van der Waals surface area contributed by atoms with Crippen LogP contribution in [0.15, 0.2) is 54.2 Å². The molecule has 1 atom stereocenters. The number of hydrogen-bond acceptors (Lipinski definition) is 8. The third-order valence-corrected chi connectivity index (χ3v) is 4.57. The Kier molecular flexibility index (Phi) is 10.3. The number of hydrogen-bond donors (Lipinski definition) is 2. The normalized spacial score (nSPS) is 11.6. The number of nitriles is 1. The van der Waals surface area contributed by atoms with Crippen LogP contribution in [0.5, 0.6) is 5.75 Å². The van der Waals surface area contributed by atoms with Gasteiger partial charge in [-0.2, -0.15) is 5.26 Å². The van der Waals surface area contributed by atoms with Gasteiger partial charge < -0.3 is 25.3 Å². The van der Waals surface area contributed by atoms with Crippen molar-refractivity contribution in [3.63, 3.8) is 0 Å². The molecule has 2 aromatic rings. The fourth-order valence-electron chi connectivity index (χ4n) is 2.84. The van der Waals surface area contributed by atoms with Crippen LogP contribution >= 0.6 is 0 Å². The molecule has 0 radical (unpaired) electrons. The zero-order valence-electron chi connectivity index (χ0n) is 19.1. The lowest BCUT2D eigenvalue weighted by molar-refractivity contribution is -0.145. The average Bonchev–Trinajstić information content (AvgIpc) is 2.84. The van der Waals surface area contributed by atoms with E-state index < -0.39 is 17.9 Å². The lowest BCUT2D eigenvalue weighted by atomic mass is 10.1. The number of esters is 2. The number of nitrogens with zero attached hydrogens (tertiary/aromatic N) is 1. The minimum absolute atomic E-state index is 0.0510. The molecule has 0 saturated heterocycles. The molecule has 0 spiro atoms. The van der Waals surface area contributed by atoms with Crippen LogP contribution in [0.2, 0.25) is 0 Å². The van der Waals surface area contributed by atoms with Crippen molar-refractivity contribution in [1.29, 1.82) is 5.26 Å². The summed E-state index contributed by atoms with van der Waals surface area (Å²) in [5, 5.41) is 11.6. The van der Waals surface area contributed by atoms with E-state index in [0.717, 1.165) is 5.56 Å². The van der Waals surface area contributed by atoms with Gasteiger partial charge in [0.2, 0.25) is 5.91 Å². The number of methoxy groups -OCH3 is 1. The van der Waals surface area contributed by atoms with E-state index in [4.69, 9.17) is 19.9 Å². The Morgan fingerprint density at radius 2 is 1.91 bits per heavy atom. The maximum Gasteiger partial charge on any atom is 0.354 e. The molecule has 2 aromatic carbocycles. The number of carbonyl (C=O) groups is 3. The van der Waals surface area contributed by atoms with Gasteiger partial charge >= 0.3 is 11.9 Å². The van der Waals surface area contributed by atoms with Crippen LogP contribution in [-0.4, -0.2) is 37.6 Å². The van der Waals surface area contributed by atoms with Crippen molar-refractivity contribution in [1.82, 2.24) is 5.32 Å². The Morgan fingerprint density at radius 1 is 1.18 bits per heavy atom. The molecule has 0 unspecified atom stereocenters. The minimum Gasteiger partial charge on any atom is -0.491 e. The second-order valence-electron chi connectivity index (χ2n) is 7.35. The standard InChI is InChI=1S/C25H27N3O6/c1-17(29)28-22(25(31)32-2)13-20-9-8-19(14-26)12-23(20)33-16-21(27)10-11-24(30)34-15-18-6-4-3-5-7-18/h3-9,12-13,21H,10-11,15-16,27H2,1-2H3,(H,28,29)/b22-13+/t21-/m1/s1. The van der Waals surface area contributed by atoms with E-state index in [1.807, 2.05) is 36.4 Å². The molecule has 0 aromatic heterocycles. The highest BCUT2D eigenvalue weighted by Gasteiger charge is 2.15. The Bertz CT molecular complexity index is 1080. The van der Waals surface area contributed by atoms with Gasteiger partial charge in [-0.15, -0.1) is 0 Å². The smallest absolute Gasteiger partial charge is 0.354 e. The topological polar surface area (TPSA) is 141 Å². The van der Waals surface area contributed by atoms with Gasteiger partial charge in [-0.3, -0.25) is 9.59 Å². The number of carbonyl (C=O) groups excluding carboxylic acids is 3. The van der Waals surface area contributed by atoms with Crippen LogP contribution in [0.3, 0.4) is 0 Å². The Morgan fingerprint density at radius 3 is 2.56 bits per heavy atom. The van der Waals surface area contributed by atoms with Gasteiger partial charge in [0.25, 0.3) is 0 Å². The molecule has 0 heterocycles. The zero-order chi connectivity index (χ0) is 24.9. The maximum atomic E-state index is 12.0. The summed E-state index contributed by atoms with van der Waals surface area (Å²) in [5.41, 5.74) is 7.67. The number of rotatable bonds is 11. The van der Waals surface area contributed by atoms with Crippen LogP contribution in [0.25, 0.3) is 6.08 Å². The molecule has 2 rings (SSSR count). The summed E-state index contributed by atoms with van der Waals surface area (Å²) in [7, 11) is 1.19. The maximum absolute atomic E-state index is 12.0. The highest BCUT2D eigenvalue weighted by molar-refractivity contribution is 5.97. The van der Waals surface area contributed by atoms with Gasteiger partial charge in [0.15, 0.2) is 0 Å². The van der Waals surface area contributed by atoms with Gasteiger partial charge in [-0.1, -0.05) is 30.3 Å². The third-order valence-electron chi connectivity index (χ3n) is 4.57. The number of nitrogens with two attached hydrogens (primary N) is 1. The van der Waals surface area contributed by atoms with E-state index >= 15 is 0 Å². The van der Waals surface area contributed by atoms with E-state index in [0.29, 0.717) is 17.5 Å². The van der Waals surface area contributed by atoms with E-state index in [9.17, 15) is 19.6 Å². The van der Waals surface area contributed by atoms with Crippen LogP contribution in [0.1, 0.15) is 36.5 Å². The lowest BCUT2D eigenvalue weighted by Gasteiger charge is -2.15. The largest absolute Gasteiger partial charge is 0.491 e. The molecule has 0 bridgehead atoms. The predicted molar refractivity (Wildman–Crippen MR) is 124 cm³/mol. The number of ether oxygens (including phenoxy) is 3. The van der Waals surface area contributed by atoms with Crippen LogP contribution in [-0.2, 0) is 30.5 Å². The molecule has 1 amide bonds. The number of benzene rings is 2. The van der Waals surface area contributed by atoms with E-state index in [1.165, 1.54) is 26.2 Å². The SMILES string of the molecule is COC(=O)/C(=C\c1ccc(C#N)cc1OC[C@H](N)CCC(=O)OCc1ccccc1)NC(C)=O. The summed E-state index contributed by atoms with van der Waals surface area (Å²) >= 11 is 0. The summed E-state index contributed by atoms with van der Waals surface area (Å²) in [6, 6.07) is 15.5. The molecule has 9 heteroatoms. The van der Waals surface area contributed by atoms with Gasteiger partial charge in [-0.05, 0) is 36.3 Å². The number of amides is 1. The fourth-order valence-corrected chi connectivity index (χ4v) is 2.84. The second kappa shape index (κ2) is 13.4. The first-order chi connectivity index (χ1) is 16.3. The molecule has 9 nitrogen and oxygen atoms in total. The summed E-state index contributed by atoms with van der Waals surface area (Å²) < 4.78 is 15.7. The summed E-state index contributed by atoms with van der Waals surface area (Å²) in [6.07, 6.45) is 1.84. The number of nitrogens with one attached hydrogen (secondary N) is 1. The molecule has 0 aliphatic heterocycles.